The quantitative estimate of drug-likeness (QED) is 0.741. The summed E-state index contributed by atoms with van der Waals surface area (Å²) in [4.78, 5) is 11.6. The first kappa shape index (κ1) is 13.5. The second kappa shape index (κ2) is 4.33. The minimum Gasteiger partial charge on any atom is -0.350 e. The summed E-state index contributed by atoms with van der Waals surface area (Å²) in [5, 5.41) is 3.11. The molecule has 0 fully saturated rings. The SMILES string of the molecule is CCC(C)(C)C(C)(C)NC(=O)C(C)C. The maximum Gasteiger partial charge on any atom is 0.222 e. The lowest BCUT2D eigenvalue weighted by atomic mass is 9.72. The van der Waals surface area contributed by atoms with Gasteiger partial charge in [0, 0.05) is 11.5 Å². The lowest BCUT2D eigenvalue weighted by Gasteiger charge is -2.42. The van der Waals surface area contributed by atoms with Gasteiger partial charge in [-0.2, -0.15) is 0 Å². The van der Waals surface area contributed by atoms with Crippen molar-refractivity contribution in [3.05, 3.63) is 0 Å². The summed E-state index contributed by atoms with van der Waals surface area (Å²) in [5.74, 6) is 0.193. The number of rotatable bonds is 4. The van der Waals surface area contributed by atoms with Crippen LogP contribution in [0.2, 0.25) is 0 Å². The summed E-state index contributed by atoms with van der Waals surface area (Å²) >= 11 is 0. The molecule has 0 aromatic carbocycles. The van der Waals surface area contributed by atoms with Crippen LogP contribution in [0.25, 0.3) is 0 Å². The molecule has 1 amide bonds. The van der Waals surface area contributed by atoms with E-state index in [4.69, 9.17) is 0 Å². The number of hydrogen-bond acceptors (Lipinski definition) is 1. The van der Waals surface area contributed by atoms with Crippen molar-refractivity contribution in [3.8, 4) is 0 Å². The molecule has 0 atom stereocenters. The van der Waals surface area contributed by atoms with E-state index < -0.39 is 0 Å². The van der Waals surface area contributed by atoms with Gasteiger partial charge < -0.3 is 5.32 Å². The van der Waals surface area contributed by atoms with E-state index in [1.54, 1.807) is 0 Å². The first-order valence-corrected chi connectivity index (χ1v) is 5.46. The summed E-state index contributed by atoms with van der Waals surface area (Å²) in [6, 6.07) is 0. The molecule has 0 bridgehead atoms. The highest BCUT2D eigenvalue weighted by Crippen LogP contribution is 2.33. The van der Waals surface area contributed by atoms with Gasteiger partial charge in [0.25, 0.3) is 0 Å². The Morgan fingerprint density at radius 3 is 1.93 bits per heavy atom. The van der Waals surface area contributed by atoms with Crippen molar-refractivity contribution < 1.29 is 4.79 Å². The molecule has 14 heavy (non-hydrogen) atoms. The van der Waals surface area contributed by atoms with Crippen LogP contribution in [0.1, 0.15) is 54.9 Å². The highest BCUT2D eigenvalue weighted by atomic mass is 16.2. The van der Waals surface area contributed by atoms with Gasteiger partial charge in [-0.1, -0.05) is 34.6 Å². The zero-order chi connectivity index (χ0) is 11.6. The Labute approximate surface area is 88.5 Å². The van der Waals surface area contributed by atoms with Gasteiger partial charge in [-0.15, -0.1) is 0 Å². The van der Waals surface area contributed by atoms with Crippen LogP contribution in [0.5, 0.6) is 0 Å². The van der Waals surface area contributed by atoms with Gasteiger partial charge in [-0.25, -0.2) is 0 Å². The van der Waals surface area contributed by atoms with Crippen LogP contribution in [0.4, 0.5) is 0 Å². The zero-order valence-corrected chi connectivity index (χ0v) is 10.7. The van der Waals surface area contributed by atoms with Crippen molar-refractivity contribution in [3.63, 3.8) is 0 Å². The molecule has 0 heterocycles. The first-order valence-electron chi connectivity index (χ1n) is 5.46. The van der Waals surface area contributed by atoms with E-state index in [-0.39, 0.29) is 22.8 Å². The van der Waals surface area contributed by atoms with E-state index in [1.165, 1.54) is 0 Å². The molecule has 1 N–H and O–H groups in total. The molecular formula is C12H25NO. The molecule has 2 nitrogen and oxygen atoms in total. The summed E-state index contributed by atoms with van der Waals surface area (Å²) in [6.07, 6.45) is 1.05. The maximum atomic E-state index is 11.6. The smallest absolute Gasteiger partial charge is 0.222 e. The average molecular weight is 199 g/mol. The molecule has 0 saturated carbocycles. The average Bonchev–Trinajstić information content (AvgIpc) is 2.03. The van der Waals surface area contributed by atoms with E-state index in [9.17, 15) is 4.79 Å². The lowest BCUT2D eigenvalue weighted by molar-refractivity contribution is -0.127. The normalized spacial score (nSPS) is 13.1. The number of carbonyl (C=O) groups is 1. The number of carbonyl (C=O) groups excluding carboxylic acids is 1. The Morgan fingerprint density at radius 1 is 1.21 bits per heavy atom. The monoisotopic (exact) mass is 199 g/mol. The molecule has 0 saturated heterocycles. The topological polar surface area (TPSA) is 29.1 Å². The van der Waals surface area contributed by atoms with Crippen LogP contribution >= 0.6 is 0 Å². The van der Waals surface area contributed by atoms with Gasteiger partial charge >= 0.3 is 0 Å². The third-order valence-electron chi connectivity index (χ3n) is 3.54. The molecule has 0 radical (unpaired) electrons. The van der Waals surface area contributed by atoms with Crippen molar-refractivity contribution in [1.82, 2.24) is 5.32 Å². The molecule has 0 aliphatic rings. The molecule has 0 aliphatic heterocycles. The molecule has 0 aromatic heterocycles. The Morgan fingerprint density at radius 2 is 1.64 bits per heavy atom. The fraction of sp³-hybridized carbons (Fsp3) is 0.917. The molecule has 0 aromatic rings. The first-order chi connectivity index (χ1) is 6.14. The van der Waals surface area contributed by atoms with Crippen molar-refractivity contribution in [1.29, 1.82) is 0 Å². The van der Waals surface area contributed by atoms with E-state index >= 15 is 0 Å². The lowest BCUT2D eigenvalue weighted by Crippen LogP contribution is -2.54. The van der Waals surface area contributed by atoms with E-state index in [2.05, 4.69) is 39.9 Å². The zero-order valence-electron chi connectivity index (χ0n) is 10.7. The minimum atomic E-state index is -0.150. The standard InChI is InChI=1S/C12H25NO/c1-8-11(4,5)12(6,7)13-10(14)9(2)3/h9H,8H2,1-7H3,(H,13,14). The summed E-state index contributed by atoms with van der Waals surface area (Å²) < 4.78 is 0. The van der Waals surface area contributed by atoms with Crippen LogP contribution in [-0.2, 0) is 4.79 Å². The Kier molecular flexibility index (Phi) is 4.16. The maximum absolute atomic E-state index is 11.6. The third-order valence-corrected chi connectivity index (χ3v) is 3.54. The van der Waals surface area contributed by atoms with E-state index in [0.29, 0.717) is 0 Å². The van der Waals surface area contributed by atoms with Crippen LogP contribution in [0, 0.1) is 11.3 Å². The van der Waals surface area contributed by atoms with Crippen molar-refractivity contribution in [2.75, 3.05) is 0 Å². The summed E-state index contributed by atoms with van der Waals surface area (Å²) in [6.45, 7) is 14.6. The Balaban J connectivity index is 4.57. The number of amides is 1. The predicted molar refractivity (Wildman–Crippen MR) is 61.1 cm³/mol. The van der Waals surface area contributed by atoms with Gasteiger partial charge in [0.15, 0.2) is 0 Å². The highest BCUT2D eigenvalue weighted by molar-refractivity contribution is 5.78. The molecule has 2 heteroatoms. The fourth-order valence-electron chi connectivity index (χ4n) is 1.06. The molecular weight excluding hydrogens is 174 g/mol. The molecule has 0 rings (SSSR count). The van der Waals surface area contributed by atoms with Crippen molar-refractivity contribution in [2.45, 2.75) is 60.4 Å². The van der Waals surface area contributed by atoms with Gasteiger partial charge in [0.1, 0.15) is 0 Å². The molecule has 0 spiro atoms. The highest BCUT2D eigenvalue weighted by Gasteiger charge is 2.36. The van der Waals surface area contributed by atoms with Gasteiger partial charge in [0.2, 0.25) is 5.91 Å². The summed E-state index contributed by atoms with van der Waals surface area (Å²) in [5.41, 5.74) is -0.0271. The molecule has 84 valence electrons. The van der Waals surface area contributed by atoms with Crippen LogP contribution in [0.3, 0.4) is 0 Å². The third kappa shape index (κ3) is 3.00. The van der Waals surface area contributed by atoms with Crippen LogP contribution in [0.15, 0.2) is 0 Å². The van der Waals surface area contributed by atoms with E-state index in [0.717, 1.165) is 6.42 Å². The second-order valence-corrected chi connectivity index (χ2v) is 5.51. The number of nitrogens with one attached hydrogen (secondary N) is 1. The molecule has 0 aliphatic carbocycles. The van der Waals surface area contributed by atoms with Crippen LogP contribution in [-0.4, -0.2) is 11.4 Å². The minimum absolute atomic E-state index is 0.0573. The van der Waals surface area contributed by atoms with Gasteiger partial charge in [-0.05, 0) is 25.7 Å². The second-order valence-electron chi connectivity index (χ2n) is 5.51. The van der Waals surface area contributed by atoms with Crippen LogP contribution < -0.4 is 5.32 Å². The summed E-state index contributed by atoms with van der Waals surface area (Å²) in [7, 11) is 0. The predicted octanol–water partition coefficient (Wildman–Crippen LogP) is 2.97. The van der Waals surface area contributed by atoms with Crippen molar-refractivity contribution in [2.24, 2.45) is 11.3 Å². The van der Waals surface area contributed by atoms with Gasteiger partial charge in [-0.3, -0.25) is 4.79 Å². The number of hydrogen-bond donors (Lipinski definition) is 1. The Bertz CT molecular complexity index is 204. The van der Waals surface area contributed by atoms with Gasteiger partial charge in [0.05, 0.1) is 0 Å². The Hall–Kier alpha value is -0.530. The van der Waals surface area contributed by atoms with E-state index in [1.807, 2.05) is 13.8 Å². The van der Waals surface area contributed by atoms with Crippen molar-refractivity contribution >= 4 is 5.91 Å². The molecule has 0 unspecified atom stereocenters. The fourth-order valence-corrected chi connectivity index (χ4v) is 1.06. The largest absolute Gasteiger partial charge is 0.350 e.